The van der Waals surface area contributed by atoms with Gasteiger partial charge in [0, 0.05) is 30.3 Å². The summed E-state index contributed by atoms with van der Waals surface area (Å²) in [4.78, 5) is 13.9. The minimum absolute atomic E-state index is 0.187. The molecule has 124 valence electrons. The van der Waals surface area contributed by atoms with Gasteiger partial charge in [0.1, 0.15) is 5.82 Å². The lowest BCUT2D eigenvalue weighted by molar-refractivity contribution is 0.0705. The van der Waals surface area contributed by atoms with Crippen molar-refractivity contribution in [1.29, 1.82) is 0 Å². The Bertz CT molecular complexity index is 642. The molecule has 23 heavy (non-hydrogen) atoms. The number of nitrogens with zero attached hydrogens (tertiary/aromatic N) is 1. The Morgan fingerprint density at radius 2 is 2.17 bits per heavy atom. The molecule has 1 aromatic rings. The van der Waals surface area contributed by atoms with E-state index in [4.69, 9.17) is 5.21 Å². The molecule has 3 aliphatic rings. The lowest BCUT2D eigenvalue weighted by atomic mass is 9.67. The molecule has 4 nitrogen and oxygen atoms in total. The average Bonchev–Trinajstić information content (AvgIpc) is 2.99. The minimum atomic E-state index is -0.656. The summed E-state index contributed by atoms with van der Waals surface area (Å²) in [6.07, 6.45) is 8.74. The zero-order chi connectivity index (χ0) is 16.0. The van der Waals surface area contributed by atoms with Gasteiger partial charge in [-0.15, -0.1) is 0 Å². The number of hydrogen-bond acceptors (Lipinski definition) is 3. The maximum atomic E-state index is 14.4. The van der Waals surface area contributed by atoms with Gasteiger partial charge < -0.3 is 0 Å². The second-order valence-corrected chi connectivity index (χ2v) is 7.51. The first-order valence-corrected chi connectivity index (χ1v) is 8.60. The fourth-order valence-corrected chi connectivity index (χ4v) is 4.77. The molecular formula is C18H23FN2O2. The third-order valence-corrected chi connectivity index (χ3v) is 6.29. The molecule has 0 saturated heterocycles. The number of hydroxylamine groups is 1. The summed E-state index contributed by atoms with van der Waals surface area (Å²) in [5, 5.41) is 8.72. The molecule has 0 aromatic heterocycles. The van der Waals surface area contributed by atoms with Crippen LogP contribution in [0.4, 0.5) is 4.39 Å². The normalized spacial score (nSPS) is 25.9. The van der Waals surface area contributed by atoms with Gasteiger partial charge in [-0.1, -0.05) is 6.42 Å². The Balaban J connectivity index is 1.52. The third-order valence-electron chi connectivity index (χ3n) is 6.29. The van der Waals surface area contributed by atoms with Crippen molar-refractivity contribution < 1.29 is 14.4 Å². The van der Waals surface area contributed by atoms with E-state index in [2.05, 4.69) is 4.90 Å². The van der Waals surface area contributed by atoms with E-state index in [-0.39, 0.29) is 11.4 Å². The fraction of sp³-hybridized carbons (Fsp3) is 0.611. The van der Waals surface area contributed by atoms with Crippen LogP contribution in [0.15, 0.2) is 12.1 Å². The van der Waals surface area contributed by atoms with Crippen LogP contribution in [0.2, 0.25) is 0 Å². The van der Waals surface area contributed by atoms with E-state index in [0.717, 1.165) is 24.1 Å². The smallest absolute Gasteiger partial charge is 0.274 e. The number of hydrogen-bond donors (Lipinski definition) is 2. The van der Waals surface area contributed by atoms with E-state index < -0.39 is 5.91 Å². The Labute approximate surface area is 135 Å². The number of carbonyl (C=O) groups excluding carboxylic acids is 1. The summed E-state index contributed by atoms with van der Waals surface area (Å²) in [6, 6.07) is 3.53. The van der Waals surface area contributed by atoms with Gasteiger partial charge in [-0.05, 0) is 61.6 Å². The van der Waals surface area contributed by atoms with Crippen LogP contribution in [-0.4, -0.2) is 28.6 Å². The molecule has 2 saturated carbocycles. The van der Waals surface area contributed by atoms with Crippen molar-refractivity contribution in [3.63, 3.8) is 0 Å². The van der Waals surface area contributed by atoms with E-state index in [1.807, 2.05) is 0 Å². The van der Waals surface area contributed by atoms with Crippen LogP contribution >= 0.6 is 0 Å². The first-order chi connectivity index (χ1) is 11.1. The number of halogens is 1. The van der Waals surface area contributed by atoms with E-state index in [9.17, 15) is 9.18 Å². The summed E-state index contributed by atoms with van der Waals surface area (Å²) < 4.78 is 14.4. The van der Waals surface area contributed by atoms with Crippen LogP contribution in [-0.2, 0) is 13.0 Å². The monoisotopic (exact) mass is 318 g/mol. The van der Waals surface area contributed by atoms with Gasteiger partial charge in [0.25, 0.3) is 5.91 Å². The largest absolute Gasteiger partial charge is 0.296 e. The zero-order valence-electron chi connectivity index (χ0n) is 13.3. The zero-order valence-corrected chi connectivity index (χ0v) is 13.3. The van der Waals surface area contributed by atoms with Crippen LogP contribution in [0.25, 0.3) is 0 Å². The number of carbonyl (C=O) groups is 1. The van der Waals surface area contributed by atoms with Gasteiger partial charge in [-0.3, -0.25) is 14.9 Å². The molecule has 1 unspecified atom stereocenters. The van der Waals surface area contributed by atoms with E-state index in [1.165, 1.54) is 44.6 Å². The summed E-state index contributed by atoms with van der Waals surface area (Å²) >= 11 is 0. The molecule has 0 radical (unpaired) electrons. The number of amides is 1. The molecule has 1 aliphatic heterocycles. The molecule has 0 bridgehead atoms. The van der Waals surface area contributed by atoms with E-state index in [1.54, 1.807) is 11.5 Å². The fourth-order valence-electron chi connectivity index (χ4n) is 4.77. The second kappa shape index (κ2) is 5.56. The molecule has 1 amide bonds. The van der Waals surface area contributed by atoms with Crippen molar-refractivity contribution in [1.82, 2.24) is 10.4 Å². The third kappa shape index (κ3) is 2.56. The van der Waals surface area contributed by atoms with Gasteiger partial charge in [0.2, 0.25) is 0 Å². The van der Waals surface area contributed by atoms with Gasteiger partial charge in [0.15, 0.2) is 0 Å². The van der Waals surface area contributed by atoms with Gasteiger partial charge in [0.05, 0.1) is 0 Å². The number of benzene rings is 1. The Morgan fingerprint density at radius 1 is 1.35 bits per heavy atom. The lowest BCUT2D eigenvalue weighted by Gasteiger charge is -2.40. The van der Waals surface area contributed by atoms with Crippen molar-refractivity contribution in [3.8, 4) is 0 Å². The molecular weight excluding hydrogens is 295 g/mol. The SMILES string of the molecule is O=C(NO)c1cc(F)c2c(c1)CCN(C1CCC3(CCC3)C1)C2. The maximum absolute atomic E-state index is 14.4. The van der Waals surface area contributed by atoms with Crippen LogP contribution in [0.1, 0.15) is 60.0 Å². The summed E-state index contributed by atoms with van der Waals surface area (Å²) in [5.74, 6) is -0.987. The van der Waals surface area contributed by atoms with Crippen molar-refractivity contribution >= 4 is 5.91 Å². The molecule has 2 aliphatic carbocycles. The molecule has 5 heteroatoms. The molecule has 1 aromatic carbocycles. The van der Waals surface area contributed by atoms with Gasteiger partial charge in [-0.25, -0.2) is 9.87 Å². The van der Waals surface area contributed by atoms with E-state index >= 15 is 0 Å². The van der Waals surface area contributed by atoms with Crippen molar-refractivity contribution in [2.75, 3.05) is 6.54 Å². The average molecular weight is 318 g/mol. The highest BCUT2D eigenvalue weighted by Crippen LogP contribution is 2.54. The highest BCUT2D eigenvalue weighted by atomic mass is 19.1. The highest BCUT2D eigenvalue weighted by Gasteiger charge is 2.45. The van der Waals surface area contributed by atoms with Crippen LogP contribution in [0.3, 0.4) is 0 Å². The van der Waals surface area contributed by atoms with Gasteiger partial charge >= 0.3 is 0 Å². The molecule has 2 fully saturated rings. The number of rotatable bonds is 2. The molecule has 2 N–H and O–H groups in total. The quantitative estimate of drug-likeness (QED) is 0.651. The summed E-state index contributed by atoms with van der Waals surface area (Å²) in [6.45, 7) is 1.57. The predicted molar refractivity (Wildman–Crippen MR) is 83.7 cm³/mol. The highest BCUT2D eigenvalue weighted by molar-refractivity contribution is 5.93. The van der Waals surface area contributed by atoms with Crippen molar-refractivity contribution in [2.24, 2.45) is 5.41 Å². The minimum Gasteiger partial charge on any atom is -0.296 e. The van der Waals surface area contributed by atoms with E-state index in [0.29, 0.717) is 18.0 Å². The first kappa shape index (κ1) is 15.1. The van der Waals surface area contributed by atoms with Crippen LogP contribution in [0, 0.1) is 11.2 Å². The predicted octanol–water partition coefficient (Wildman–Crippen LogP) is 3.03. The Hall–Kier alpha value is -1.46. The molecule has 1 spiro atoms. The molecule has 1 atom stereocenters. The Kier molecular flexibility index (Phi) is 3.65. The van der Waals surface area contributed by atoms with Crippen LogP contribution < -0.4 is 5.48 Å². The Morgan fingerprint density at radius 3 is 2.83 bits per heavy atom. The number of nitrogens with one attached hydrogen (secondary N) is 1. The molecule has 1 heterocycles. The molecule has 4 rings (SSSR count). The number of fused-ring (bicyclic) bond motifs is 1. The lowest BCUT2D eigenvalue weighted by Crippen LogP contribution is -2.40. The summed E-state index contributed by atoms with van der Waals surface area (Å²) in [7, 11) is 0. The summed E-state index contributed by atoms with van der Waals surface area (Å²) in [5.41, 5.74) is 3.99. The van der Waals surface area contributed by atoms with Crippen molar-refractivity contribution in [2.45, 2.75) is 57.5 Å². The standard InChI is InChI=1S/C18H23FN2O2/c19-16-9-13(17(22)20-23)8-12-3-7-21(11-15(12)16)14-2-6-18(10-14)4-1-5-18/h8-9,14,23H,1-7,10-11H2,(H,20,22). The van der Waals surface area contributed by atoms with Crippen molar-refractivity contribution in [3.05, 3.63) is 34.6 Å². The second-order valence-electron chi connectivity index (χ2n) is 7.51. The first-order valence-electron chi connectivity index (χ1n) is 8.60. The maximum Gasteiger partial charge on any atom is 0.274 e. The topological polar surface area (TPSA) is 52.6 Å². The van der Waals surface area contributed by atoms with Gasteiger partial charge in [-0.2, -0.15) is 0 Å². The van der Waals surface area contributed by atoms with Crippen LogP contribution in [0.5, 0.6) is 0 Å².